The summed E-state index contributed by atoms with van der Waals surface area (Å²) >= 11 is 0. The van der Waals surface area contributed by atoms with Crippen LogP contribution in [0.2, 0.25) is 0 Å². The van der Waals surface area contributed by atoms with Gasteiger partial charge in [0.2, 0.25) is 5.75 Å². The van der Waals surface area contributed by atoms with E-state index >= 15 is 0 Å². The lowest BCUT2D eigenvalue weighted by Crippen LogP contribution is -2.41. The normalized spacial score (nSPS) is 21.1. The quantitative estimate of drug-likeness (QED) is 0.908. The van der Waals surface area contributed by atoms with E-state index < -0.39 is 0 Å². The second kappa shape index (κ2) is 7.38. The average molecular weight is 307 g/mol. The number of ether oxygens (including phenoxy) is 3. The molecule has 1 aliphatic carbocycles. The number of nitrogens with one attached hydrogen (secondary N) is 1. The number of hydrogen-bond acceptors (Lipinski definition) is 4. The van der Waals surface area contributed by atoms with Gasteiger partial charge < -0.3 is 19.5 Å². The van der Waals surface area contributed by atoms with Gasteiger partial charge in [0.1, 0.15) is 0 Å². The van der Waals surface area contributed by atoms with Crippen molar-refractivity contribution in [3.05, 3.63) is 17.7 Å². The molecule has 1 aliphatic rings. The van der Waals surface area contributed by atoms with Gasteiger partial charge in [-0.15, -0.1) is 0 Å². The Morgan fingerprint density at radius 1 is 1.05 bits per heavy atom. The third-order valence-electron chi connectivity index (χ3n) is 4.38. The Morgan fingerprint density at radius 3 is 2.32 bits per heavy atom. The first-order chi connectivity index (χ1) is 10.6. The monoisotopic (exact) mass is 307 g/mol. The zero-order chi connectivity index (χ0) is 16.1. The number of carbonyl (C=O) groups is 1. The van der Waals surface area contributed by atoms with Crippen LogP contribution in [0.25, 0.3) is 0 Å². The average Bonchev–Trinajstić information content (AvgIpc) is 2.55. The van der Waals surface area contributed by atoms with Gasteiger partial charge in [0.05, 0.1) is 26.9 Å². The number of carbonyl (C=O) groups excluding carboxylic acids is 1. The molecule has 1 N–H and O–H groups in total. The van der Waals surface area contributed by atoms with Gasteiger partial charge in [-0.3, -0.25) is 4.79 Å². The minimum absolute atomic E-state index is 0.128. The number of benzene rings is 1. The molecule has 1 fully saturated rings. The molecule has 0 saturated heterocycles. The van der Waals surface area contributed by atoms with Crippen LogP contribution in [0, 0.1) is 5.92 Å². The van der Waals surface area contributed by atoms with Crippen LogP contribution in [-0.2, 0) is 0 Å². The van der Waals surface area contributed by atoms with E-state index in [9.17, 15) is 4.79 Å². The molecule has 1 aromatic carbocycles. The lowest BCUT2D eigenvalue weighted by molar-refractivity contribution is 0.0906. The maximum absolute atomic E-state index is 12.6. The Labute approximate surface area is 131 Å². The van der Waals surface area contributed by atoms with Gasteiger partial charge in [-0.1, -0.05) is 19.8 Å². The van der Waals surface area contributed by atoms with E-state index in [1.165, 1.54) is 27.1 Å². The van der Waals surface area contributed by atoms with Crippen LogP contribution >= 0.6 is 0 Å². The highest BCUT2D eigenvalue weighted by atomic mass is 16.5. The molecule has 1 aromatic rings. The molecule has 22 heavy (non-hydrogen) atoms. The van der Waals surface area contributed by atoms with Crippen molar-refractivity contribution in [3.8, 4) is 17.2 Å². The topological polar surface area (TPSA) is 56.8 Å². The van der Waals surface area contributed by atoms with Crippen molar-refractivity contribution in [1.29, 1.82) is 0 Å². The van der Waals surface area contributed by atoms with Gasteiger partial charge >= 0.3 is 0 Å². The Balaban J connectivity index is 2.25. The van der Waals surface area contributed by atoms with Gasteiger partial charge in [-0.25, -0.2) is 0 Å². The summed E-state index contributed by atoms with van der Waals surface area (Å²) < 4.78 is 16.0. The minimum Gasteiger partial charge on any atom is -0.493 e. The van der Waals surface area contributed by atoms with E-state index in [0.29, 0.717) is 28.7 Å². The second-order valence-electron chi connectivity index (χ2n) is 5.72. The molecule has 0 aromatic heterocycles. The van der Waals surface area contributed by atoms with Crippen LogP contribution in [0.4, 0.5) is 0 Å². The molecule has 5 nitrogen and oxygen atoms in total. The zero-order valence-corrected chi connectivity index (χ0v) is 13.8. The Hall–Kier alpha value is -1.91. The summed E-state index contributed by atoms with van der Waals surface area (Å²) in [5.41, 5.74) is 0.470. The number of amides is 1. The van der Waals surface area contributed by atoms with Crippen LogP contribution in [0.5, 0.6) is 17.2 Å². The molecule has 2 atom stereocenters. The summed E-state index contributed by atoms with van der Waals surface area (Å²) in [7, 11) is 4.61. The Morgan fingerprint density at radius 2 is 1.73 bits per heavy atom. The molecule has 0 aliphatic heterocycles. The van der Waals surface area contributed by atoms with Crippen LogP contribution in [0.3, 0.4) is 0 Å². The molecule has 0 radical (unpaired) electrons. The van der Waals surface area contributed by atoms with E-state index in [4.69, 9.17) is 14.2 Å². The lowest BCUT2D eigenvalue weighted by atomic mass is 9.86. The largest absolute Gasteiger partial charge is 0.493 e. The van der Waals surface area contributed by atoms with Crippen molar-refractivity contribution in [2.45, 2.75) is 38.6 Å². The zero-order valence-electron chi connectivity index (χ0n) is 13.8. The van der Waals surface area contributed by atoms with Crippen molar-refractivity contribution in [2.75, 3.05) is 21.3 Å². The van der Waals surface area contributed by atoms with E-state index in [2.05, 4.69) is 12.2 Å². The fourth-order valence-electron chi connectivity index (χ4n) is 3.06. The number of rotatable bonds is 5. The standard InChI is InChI=1S/C17H25NO4/c1-11-7-5-6-8-13(11)18-17(19)12-9-10-14(20-2)16(22-4)15(12)21-3/h9-11,13H,5-8H2,1-4H3,(H,18,19). The number of hydrogen-bond donors (Lipinski definition) is 1. The van der Waals surface area contributed by atoms with Crippen molar-refractivity contribution in [3.63, 3.8) is 0 Å². The summed E-state index contributed by atoms with van der Waals surface area (Å²) in [4.78, 5) is 12.6. The molecule has 1 amide bonds. The Kier molecular flexibility index (Phi) is 5.52. The van der Waals surface area contributed by atoms with Gasteiger partial charge in [-0.05, 0) is 30.9 Å². The van der Waals surface area contributed by atoms with Crippen LogP contribution in [0.15, 0.2) is 12.1 Å². The molecule has 2 unspecified atom stereocenters. The first-order valence-corrected chi connectivity index (χ1v) is 7.72. The SMILES string of the molecule is COc1ccc(C(=O)NC2CCCCC2C)c(OC)c1OC. The fourth-order valence-corrected chi connectivity index (χ4v) is 3.06. The second-order valence-corrected chi connectivity index (χ2v) is 5.72. The van der Waals surface area contributed by atoms with E-state index in [0.717, 1.165) is 12.8 Å². The predicted octanol–water partition coefficient (Wildman–Crippen LogP) is 3.02. The summed E-state index contributed by atoms with van der Waals surface area (Å²) in [6.07, 6.45) is 4.60. The predicted molar refractivity (Wildman–Crippen MR) is 85.0 cm³/mol. The highest BCUT2D eigenvalue weighted by molar-refractivity contribution is 5.98. The fraction of sp³-hybridized carbons (Fsp3) is 0.588. The Bertz CT molecular complexity index is 530. The van der Waals surface area contributed by atoms with Crippen molar-refractivity contribution in [1.82, 2.24) is 5.32 Å². The van der Waals surface area contributed by atoms with Crippen LogP contribution in [0.1, 0.15) is 43.0 Å². The molecule has 0 heterocycles. The maximum atomic E-state index is 12.6. The number of methoxy groups -OCH3 is 3. The van der Waals surface area contributed by atoms with Gasteiger partial charge in [0, 0.05) is 6.04 Å². The maximum Gasteiger partial charge on any atom is 0.255 e. The molecule has 2 rings (SSSR count). The molecule has 0 spiro atoms. The van der Waals surface area contributed by atoms with E-state index in [1.807, 2.05) is 0 Å². The lowest BCUT2D eigenvalue weighted by Gasteiger charge is -2.29. The van der Waals surface area contributed by atoms with Gasteiger partial charge in [0.25, 0.3) is 5.91 Å². The van der Waals surface area contributed by atoms with Gasteiger partial charge in [-0.2, -0.15) is 0 Å². The summed E-state index contributed by atoms with van der Waals surface area (Å²) in [5.74, 6) is 1.76. The van der Waals surface area contributed by atoms with Crippen molar-refractivity contribution in [2.24, 2.45) is 5.92 Å². The summed E-state index contributed by atoms with van der Waals surface area (Å²) in [6.45, 7) is 2.19. The molecule has 0 bridgehead atoms. The third-order valence-corrected chi connectivity index (χ3v) is 4.38. The first-order valence-electron chi connectivity index (χ1n) is 7.72. The summed E-state index contributed by atoms with van der Waals surface area (Å²) in [5, 5.41) is 3.13. The third kappa shape index (κ3) is 3.29. The summed E-state index contributed by atoms with van der Waals surface area (Å²) in [6, 6.07) is 3.66. The molecular formula is C17H25NO4. The molecule has 5 heteroatoms. The van der Waals surface area contributed by atoms with Crippen molar-refractivity contribution < 1.29 is 19.0 Å². The molecule has 1 saturated carbocycles. The van der Waals surface area contributed by atoms with Gasteiger partial charge in [0.15, 0.2) is 11.5 Å². The highest BCUT2D eigenvalue weighted by Crippen LogP contribution is 2.39. The van der Waals surface area contributed by atoms with Crippen LogP contribution in [-0.4, -0.2) is 33.3 Å². The van der Waals surface area contributed by atoms with E-state index in [1.54, 1.807) is 19.2 Å². The minimum atomic E-state index is -0.128. The molecule has 122 valence electrons. The smallest absolute Gasteiger partial charge is 0.255 e. The van der Waals surface area contributed by atoms with E-state index in [-0.39, 0.29) is 11.9 Å². The molecular weight excluding hydrogens is 282 g/mol. The van der Waals surface area contributed by atoms with Crippen LogP contribution < -0.4 is 19.5 Å². The highest BCUT2D eigenvalue weighted by Gasteiger charge is 2.26. The first kappa shape index (κ1) is 16.5. The van der Waals surface area contributed by atoms with Crippen molar-refractivity contribution >= 4 is 5.91 Å².